The molecule has 1 aromatic carbocycles. The minimum atomic E-state index is -1.15. The van der Waals surface area contributed by atoms with Crippen LogP contribution in [0.2, 0.25) is 10.3 Å². The highest BCUT2D eigenvalue weighted by atomic mass is 35.5. The molecule has 1 N–H and O–H groups in total. The summed E-state index contributed by atoms with van der Waals surface area (Å²) in [4.78, 5) is 11.2. The Morgan fingerprint density at radius 3 is 2.60 bits per heavy atom. The molecule has 6 nitrogen and oxygen atoms in total. The van der Waals surface area contributed by atoms with Crippen molar-refractivity contribution in [1.82, 2.24) is 10.2 Å². The zero-order valence-corrected chi connectivity index (χ0v) is 11.6. The Kier molecular flexibility index (Phi) is 4.26. The number of nitrogens with zero attached hydrogens (tertiary/aromatic N) is 2. The highest BCUT2D eigenvalue weighted by Crippen LogP contribution is 2.33. The number of hydrogen-bond donors (Lipinski definition) is 1. The molecule has 0 saturated heterocycles. The van der Waals surface area contributed by atoms with Crippen molar-refractivity contribution >= 4 is 29.2 Å². The van der Waals surface area contributed by atoms with E-state index >= 15 is 0 Å². The Labute approximate surface area is 123 Å². The summed E-state index contributed by atoms with van der Waals surface area (Å²) in [6.45, 7) is 0. The Balaban J connectivity index is 2.45. The van der Waals surface area contributed by atoms with Gasteiger partial charge in [-0.15, -0.1) is 10.2 Å². The summed E-state index contributed by atoms with van der Waals surface area (Å²) in [7, 11) is 1.46. The number of carboxylic acid groups (broad SMARTS) is 1. The fraction of sp³-hybridized carbons (Fsp3) is 0.0833. The lowest BCUT2D eigenvalue weighted by Crippen LogP contribution is -2.01. The van der Waals surface area contributed by atoms with E-state index in [-0.39, 0.29) is 27.4 Å². The number of carbonyl (C=O) groups is 1. The maximum atomic E-state index is 11.2. The lowest BCUT2D eigenvalue weighted by molar-refractivity contribution is 0.0694. The fourth-order valence-corrected chi connectivity index (χ4v) is 1.69. The summed E-state index contributed by atoms with van der Waals surface area (Å²) in [6.07, 6.45) is 0. The summed E-state index contributed by atoms with van der Waals surface area (Å²) in [6, 6.07) is 5.63. The lowest BCUT2D eigenvalue weighted by atomic mass is 10.2. The number of carboxylic acids is 1. The van der Waals surface area contributed by atoms with Gasteiger partial charge >= 0.3 is 5.97 Å². The first-order chi connectivity index (χ1) is 9.51. The average molecular weight is 315 g/mol. The molecule has 1 heterocycles. The molecule has 0 aliphatic rings. The third kappa shape index (κ3) is 3.09. The lowest BCUT2D eigenvalue weighted by Gasteiger charge is -2.11. The van der Waals surface area contributed by atoms with Crippen molar-refractivity contribution in [2.45, 2.75) is 0 Å². The van der Waals surface area contributed by atoms with E-state index in [1.54, 1.807) is 0 Å². The molecule has 0 aliphatic heterocycles. The van der Waals surface area contributed by atoms with Gasteiger partial charge in [-0.25, -0.2) is 4.79 Å². The molecule has 0 bridgehead atoms. The quantitative estimate of drug-likeness (QED) is 0.932. The first-order valence-electron chi connectivity index (χ1n) is 5.29. The van der Waals surface area contributed by atoms with E-state index in [9.17, 15) is 4.79 Å². The third-order valence-corrected chi connectivity index (χ3v) is 2.77. The molecule has 0 radical (unpaired) electrons. The van der Waals surface area contributed by atoms with Gasteiger partial charge < -0.3 is 14.6 Å². The van der Waals surface area contributed by atoms with Crippen LogP contribution < -0.4 is 9.47 Å². The highest BCUT2D eigenvalue weighted by Gasteiger charge is 2.15. The molecule has 104 valence electrons. The van der Waals surface area contributed by atoms with Crippen LogP contribution in [0.5, 0.6) is 17.2 Å². The zero-order valence-electron chi connectivity index (χ0n) is 10.1. The van der Waals surface area contributed by atoms with Crippen molar-refractivity contribution in [2.24, 2.45) is 0 Å². The summed E-state index contributed by atoms with van der Waals surface area (Å²) in [5.41, 5.74) is -0.0465. The molecule has 0 fully saturated rings. The van der Waals surface area contributed by atoms with Gasteiger partial charge in [-0.3, -0.25) is 0 Å². The van der Waals surface area contributed by atoms with E-state index in [2.05, 4.69) is 10.2 Å². The van der Waals surface area contributed by atoms with Gasteiger partial charge in [0.05, 0.1) is 7.11 Å². The fourth-order valence-electron chi connectivity index (χ4n) is 1.42. The van der Waals surface area contributed by atoms with Gasteiger partial charge in [0, 0.05) is 12.1 Å². The van der Waals surface area contributed by atoms with Crippen LogP contribution in [0.3, 0.4) is 0 Å². The number of aromatic nitrogens is 2. The number of rotatable bonds is 4. The number of methoxy groups -OCH3 is 1. The standard InChI is InChI=1S/C12H8Cl2N2O4/c1-19-6-2-3-7(12(17)18)8(4-6)20-9-5-10(13)15-16-11(9)14/h2-5H,1H3,(H,17,18). The van der Waals surface area contributed by atoms with Gasteiger partial charge in [0.2, 0.25) is 0 Å². The van der Waals surface area contributed by atoms with Gasteiger partial charge in [0.1, 0.15) is 17.1 Å². The van der Waals surface area contributed by atoms with Gasteiger partial charge in [0.25, 0.3) is 0 Å². The van der Waals surface area contributed by atoms with E-state index in [0.717, 1.165) is 0 Å². The second-order valence-corrected chi connectivity index (χ2v) is 4.34. The van der Waals surface area contributed by atoms with Gasteiger partial charge in [-0.05, 0) is 12.1 Å². The van der Waals surface area contributed by atoms with Crippen LogP contribution in [0.25, 0.3) is 0 Å². The highest BCUT2D eigenvalue weighted by molar-refractivity contribution is 6.32. The molecule has 0 spiro atoms. The Hall–Kier alpha value is -2.05. The van der Waals surface area contributed by atoms with Crippen LogP contribution in [-0.4, -0.2) is 28.4 Å². The van der Waals surface area contributed by atoms with Crippen molar-refractivity contribution in [3.05, 3.63) is 40.1 Å². The van der Waals surface area contributed by atoms with Crippen LogP contribution in [0.15, 0.2) is 24.3 Å². The van der Waals surface area contributed by atoms with Crippen molar-refractivity contribution in [2.75, 3.05) is 7.11 Å². The second-order valence-electron chi connectivity index (χ2n) is 3.59. The number of hydrogen-bond acceptors (Lipinski definition) is 5. The zero-order chi connectivity index (χ0) is 14.7. The van der Waals surface area contributed by atoms with Gasteiger partial charge in [0.15, 0.2) is 16.1 Å². The minimum absolute atomic E-state index is 0.0337. The Morgan fingerprint density at radius 2 is 1.95 bits per heavy atom. The van der Waals surface area contributed by atoms with Crippen LogP contribution in [0.1, 0.15) is 10.4 Å². The predicted molar refractivity (Wildman–Crippen MR) is 72.1 cm³/mol. The molecular formula is C12H8Cl2N2O4. The molecule has 0 unspecified atom stereocenters. The molecule has 1 aromatic heterocycles. The predicted octanol–water partition coefficient (Wildman–Crippen LogP) is 3.28. The number of ether oxygens (including phenoxy) is 2. The van der Waals surface area contributed by atoms with Crippen LogP contribution in [-0.2, 0) is 0 Å². The number of benzene rings is 1. The largest absolute Gasteiger partial charge is 0.497 e. The monoisotopic (exact) mass is 314 g/mol. The van der Waals surface area contributed by atoms with Crippen LogP contribution >= 0.6 is 23.2 Å². The van der Waals surface area contributed by atoms with E-state index in [1.807, 2.05) is 0 Å². The van der Waals surface area contributed by atoms with E-state index < -0.39 is 5.97 Å². The van der Waals surface area contributed by atoms with Crippen molar-refractivity contribution in [3.8, 4) is 17.2 Å². The number of halogens is 2. The normalized spacial score (nSPS) is 10.2. The topological polar surface area (TPSA) is 81.5 Å². The average Bonchev–Trinajstić information content (AvgIpc) is 2.42. The molecule has 2 rings (SSSR count). The van der Waals surface area contributed by atoms with E-state index in [0.29, 0.717) is 5.75 Å². The summed E-state index contributed by atoms with van der Waals surface area (Å²) >= 11 is 11.5. The minimum Gasteiger partial charge on any atom is -0.497 e. The van der Waals surface area contributed by atoms with Gasteiger partial charge in [-0.1, -0.05) is 23.2 Å². The third-order valence-electron chi connectivity index (χ3n) is 2.33. The smallest absolute Gasteiger partial charge is 0.339 e. The van der Waals surface area contributed by atoms with Crippen molar-refractivity contribution < 1.29 is 19.4 Å². The maximum Gasteiger partial charge on any atom is 0.339 e. The van der Waals surface area contributed by atoms with Crippen LogP contribution in [0.4, 0.5) is 0 Å². The van der Waals surface area contributed by atoms with Crippen LogP contribution in [0, 0.1) is 0 Å². The Bertz CT molecular complexity index is 664. The molecule has 0 aliphatic carbocycles. The van der Waals surface area contributed by atoms with E-state index in [4.69, 9.17) is 37.8 Å². The summed E-state index contributed by atoms with van der Waals surface area (Å²) in [5, 5.41) is 16.3. The number of aromatic carboxylic acids is 1. The van der Waals surface area contributed by atoms with Crippen molar-refractivity contribution in [1.29, 1.82) is 0 Å². The molecule has 8 heteroatoms. The first kappa shape index (κ1) is 14.4. The molecule has 0 amide bonds. The van der Waals surface area contributed by atoms with Crippen molar-refractivity contribution in [3.63, 3.8) is 0 Å². The SMILES string of the molecule is COc1ccc(C(=O)O)c(Oc2cc(Cl)nnc2Cl)c1. The molecule has 0 saturated carbocycles. The summed E-state index contributed by atoms with van der Waals surface area (Å²) < 4.78 is 10.5. The molecular weight excluding hydrogens is 307 g/mol. The molecule has 0 atom stereocenters. The molecule has 2 aromatic rings. The maximum absolute atomic E-state index is 11.2. The first-order valence-corrected chi connectivity index (χ1v) is 6.04. The summed E-state index contributed by atoms with van der Waals surface area (Å²) in [5.74, 6) is -0.550. The van der Waals surface area contributed by atoms with Gasteiger partial charge in [-0.2, -0.15) is 0 Å². The Morgan fingerprint density at radius 1 is 1.20 bits per heavy atom. The molecule has 20 heavy (non-hydrogen) atoms. The van der Waals surface area contributed by atoms with E-state index in [1.165, 1.54) is 31.4 Å². The second kappa shape index (κ2) is 5.94.